The zero-order chi connectivity index (χ0) is 27.2. The van der Waals surface area contributed by atoms with E-state index in [4.69, 9.17) is 11.6 Å². The monoisotopic (exact) mass is 559 g/mol. The minimum Gasteiger partial charge on any atom is -0.479 e. The summed E-state index contributed by atoms with van der Waals surface area (Å²) in [5, 5.41) is 3.88. The van der Waals surface area contributed by atoms with Crippen LogP contribution in [0.4, 0.5) is 22.7 Å². The molecule has 4 aromatic rings. The largest absolute Gasteiger partial charge is 0.479 e. The standard InChI is InChI=1S/C22H18ClF4N5O4S/c1-10-4-15-17(19(34)31(3)21(35)30(15)2)32(10)7-16(33)29-20-28-14(8-37-20)11-5-12(23)18(13(24)6-11)36-9-22(25,26)27/h4-6,8H,7,9H2,1-3H3,(H,28,29,33). The molecular weight excluding hydrogens is 542 g/mol. The summed E-state index contributed by atoms with van der Waals surface area (Å²) in [6.45, 7) is -0.253. The van der Waals surface area contributed by atoms with E-state index in [1.54, 1.807) is 13.0 Å². The number of halogens is 5. The molecule has 4 rings (SSSR count). The van der Waals surface area contributed by atoms with E-state index >= 15 is 0 Å². The molecule has 0 aliphatic carbocycles. The zero-order valence-electron chi connectivity index (χ0n) is 19.4. The maximum absolute atomic E-state index is 14.4. The molecule has 0 spiro atoms. The summed E-state index contributed by atoms with van der Waals surface area (Å²) in [6.07, 6.45) is -4.66. The second kappa shape index (κ2) is 9.67. The van der Waals surface area contributed by atoms with E-state index in [-0.39, 0.29) is 33.5 Å². The van der Waals surface area contributed by atoms with Crippen LogP contribution in [0.1, 0.15) is 5.69 Å². The van der Waals surface area contributed by atoms with Gasteiger partial charge in [0.2, 0.25) is 5.91 Å². The van der Waals surface area contributed by atoms with Gasteiger partial charge in [-0.05, 0) is 25.1 Å². The van der Waals surface area contributed by atoms with Crippen molar-refractivity contribution in [3.05, 3.63) is 61.0 Å². The van der Waals surface area contributed by atoms with Crippen molar-refractivity contribution in [2.45, 2.75) is 19.6 Å². The van der Waals surface area contributed by atoms with Crippen LogP contribution in [0.15, 0.2) is 33.2 Å². The second-order valence-corrected chi connectivity index (χ2v) is 9.34. The quantitative estimate of drug-likeness (QED) is 0.362. The van der Waals surface area contributed by atoms with Gasteiger partial charge in [0.05, 0.1) is 16.2 Å². The molecule has 1 aromatic carbocycles. The van der Waals surface area contributed by atoms with Crippen LogP contribution in [0.3, 0.4) is 0 Å². The van der Waals surface area contributed by atoms with Gasteiger partial charge in [-0.3, -0.25) is 18.7 Å². The molecular formula is C22H18ClF4N5O4S. The minimum atomic E-state index is -4.66. The highest BCUT2D eigenvalue weighted by Gasteiger charge is 2.29. The van der Waals surface area contributed by atoms with E-state index < -0.39 is 41.5 Å². The highest BCUT2D eigenvalue weighted by atomic mass is 35.5. The fourth-order valence-corrected chi connectivity index (χ4v) is 4.68. The van der Waals surface area contributed by atoms with Gasteiger partial charge in [-0.25, -0.2) is 14.2 Å². The van der Waals surface area contributed by atoms with Gasteiger partial charge >= 0.3 is 11.9 Å². The first-order valence-electron chi connectivity index (χ1n) is 10.5. The topological polar surface area (TPSA) is 100 Å². The van der Waals surface area contributed by atoms with Crippen LogP contribution < -0.4 is 21.3 Å². The molecule has 15 heteroatoms. The van der Waals surface area contributed by atoms with Crippen molar-refractivity contribution >= 4 is 45.0 Å². The number of fused-ring (bicyclic) bond motifs is 1. The number of anilines is 1. The van der Waals surface area contributed by atoms with Crippen LogP contribution in [0.2, 0.25) is 5.02 Å². The van der Waals surface area contributed by atoms with Crippen LogP contribution in [0.5, 0.6) is 5.75 Å². The molecule has 1 N–H and O–H groups in total. The number of carbonyl (C=O) groups is 1. The second-order valence-electron chi connectivity index (χ2n) is 8.07. The Bertz CT molecular complexity index is 1630. The molecule has 0 aliphatic rings. The number of aryl methyl sites for hydroxylation is 2. The fraction of sp³-hybridized carbons (Fsp3) is 0.273. The predicted octanol–water partition coefficient (Wildman–Crippen LogP) is 3.84. The molecule has 0 unspecified atom stereocenters. The van der Waals surface area contributed by atoms with Gasteiger partial charge in [-0.1, -0.05) is 11.6 Å². The van der Waals surface area contributed by atoms with E-state index in [0.29, 0.717) is 11.2 Å². The first-order chi connectivity index (χ1) is 17.3. The van der Waals surface area contributed by atoms with E-state index in [0.717, 1.165) is 22.0 Å². The smallest absolute Gasteiger partial charge is 0.422 e. The van der Waals surface area contributed by atoms with Crippen molar-refractivity contribution in [1.29, 1.82) is 0 Å². The van der Waals surface area contributed by atoms with Crippen LogP contribution in [-0.2, 0) is 25.4 Å². The van der Waals surface area contributed by atoms with Gasteiger partial charge in [-0.2, -0.15) is 13.2 Å². The number of benzene rings is 1. The summed E-state index contributed by atoms with van der Waals surface area (Å²) in [5.41, 5.74) is 0.501. The third kappa shape index (κ3) is 5.25. The SMILES string of the molecule is Cc1cc2c(c(=O)n(C)c(=O)n2C)n1CC(=O)Nc1nc(-c2cc(F)c(OCC(F)(F)F)c(Cl)c2)cs1. The highest BCUT2D eigenvalue weighted by molar-refractivity contribution is 7.14. The lowest BCUT2D eigenvalue weighted by molar-refractivity contribution is -0.153. The average Bonchev–Trinajstić information content (AvgIpc) is 3.39. The van der Waals surface area contributed by atoms with Crippen molar-refractivity contribution in [3.63, 3.8) is 0 Å². The molecule has 196 valence electrons. The Kier molecular flexibility index (Phi) is 6.90. The normalized spacial score (nSPS) is 11.8. The van der Waals surface area contributed by atoms with E-state index in [9.17, 15) is 31.9 Å². The minimum absolute atomic E-state index is 0.156. The first-order valence-corrected chi connectivity index (χ1v) is 11.7. The summed E-state index contributed by atoms with van der Waals surface area (Å²) in [7, 11) is 2.87. The lowest BCUT2D eigenvalue weighted by Gasteiger charge is -2.12. The van der Waals surface area contributed by atoms with Gasteiger partial charge in [0, 0.05) is 30.7 Å². The number of rotatable bonds is 6. The zero-order valence-corrected chi connectivity index (χ0v) is 21.0. The number of carbonyl (C=O) groups excluding carboxylic acids is 1. The maximum Gasteiger partial charge on any atom is 0.422 e. The fourth-order valence-electron chi connectivity index (χ4n) is 3.68. The molecule has 3 heterocycles. The number of aromatic nitrogens is 4. The molecule has 0 aliphatic heterocycles. The van der Waals surface area contributed by atoms with Crippen molar-refractivity contribution in [1.82, 2.24) is 18.7 Å². The maximum atomic E-state index is 14.4. The molecule has 9 nitrogen and oxygen atoms in total. The molecule has 3 aromatic heterocycles. The summed E-state index contributed by atoms with van der Waals surface area (Å²) in [6, 6.07) is 3.76. The molecule has 0 radical (unpaired) electrons. The summed E-state index contributed by atoms with van der Waals surface area (Å²) in [4.78, 5) is 41.8. The van der Waals surface area contributed by atoms with E-state index in [1.165, 1.54) is 34.7 Å². The summed E-state index contributed by atoms with van der Waals surface area (Å²) >= 11 is 6.94. The predicted molar refractivity (Wildman–Crippen MR) is 130 cm³/mol. The van der Waals surface area contributed by atoms with Gasteiger partial charge in [0.1, 0.15) is 12.1 Å². The van der Waals surface area contributed by atoms with E-state index in [2.05, 4.69) is 15.0 Å². The number of nitrogens with one attached hydrogen (secondary N) is 1. The Morgan fingerprint density at radius 2 is 1.89 bits per heavy atom. The van der Waals surface area contributed by atoms with Crippen LogP contribution >= 0.6 is 22.9 Å². The molecule has 0 bridgehead atoms. The molecule has 1 amide bonds. The molecule has 0 atom stereocenters. The average molecular weight is 560 g/mol. The number of amides is 1. The van der Waals surface area contributed by atoms with Crippen molar-refractivity contribution in [2.75, 3.05) is 11.9 Å². The van der Waals surface area contributed by atoms with Crippen molar-refractivity contribution in [3.8, 4) is 17.0 Å². The Labute approximate surface area is 214 Å². The Hall–Kier alpha value is -3.65. The summed E-state index contributed by atoms with van der Waals surface area (Å²) < 4.78 is 59.7. The van der Waals surface area contributed by atoms with Gasteiger partial charge in [-0.15, -0.1) is 11.3 Å². The van der Waals surface area contributed by atoms with Gasteiger partial charge in [0.25, 0.3) is 5.56 Å². The van der Waals surface area contributed by atoms with Crippen molar-refractivity contribution in [2.24, 2.45) is 14.1 Å². The van der Waals surface area contributed by atoms with Gasteiger partial charge < -0.3 is 14.6 Å². The van der Waals surface area contributed by atoms with Crippen molar-refractivity contribution < 1.29 is 27.1 Å². The van der Waals surface area contributed by atoms with Crippen LogP contribution in [0, 0.1) is 12.7 Å². The number of alkyl halides is 3. The number of hydrogen-bond donors (Lipinski definition) is 1. The highest BCUT2D eigenvalue weighted by Crippen LogP contribution is 2.35. The Morgan fingerprint density at radius 3 is 2.54 bits per heavy atom. The van der Waals surface area contributed by atoms with Crippen LogP contribution in [0.25, 0.3) is 22.3 Å². The molecule has 37 heavy (non-hydrogen) atoms. The van der Waals surface area contributed by atoms with Crippen LogP contribution in [-0.4, -0.2) is 37.4 Å². The Balaban J connectivity index is 1.54. The molecule has 0 saturated carbocycles. The lowest BCUT2D eigenvalue weighted by Crippen LogP contribution is -2.37. The first kappa shape index (κ1) is 26.4. The molecule has 0 saturated heterocycles. The number of nitrogens with zero attached hydrogens (tertiary/aromatic N) is 4. The lowest BCUT2D eigenvalue weighted by atomic mass is 10.1. The van der Waals surface area contributed by atoms with Gasteiger partial charge in [0.15, 0.2) is 23.3 Å². The molecule has 0 fully saturated rings. The number of thiazole rings is 1. The summed E-state index contributed by atoms with van der Waals surface area (Å²) in [5.74, 6) is -2.35. The number of hydrogen-bond acceptors (Lipinski definition) is 6. The Morgan fingerprint density at radius 1 is 1.19 bits per heavy atom. The van der Waals surface area contributed by atoms with E-state index in [1.807, 2.05) is 0 Å². The third-order valence-corrected chi connectivity index (χ3v) is 6.49. The number of ether oxygens (including phenoxy) is 1. The third-order valence-electron chi connectivity index (χ3n) is 5.45.